The molecule has 0 spiro atoms. The molecule has 1 heterocycles. The molecule has 36 heavy (non-hydrogen) atoms. The smallest absolute Gasteiger partial charge is 0.243 e. The minimum Gasteiger partial charge on any atom is -0.497 e. The lowest BCUT2D eigenvalue weighted by atomic mass is 10.1. The number of ether oxygens (including phenoxy) is 2. The molecule has 0 radical (unpaired) electrons. The molecule has 0 bridgehead atoms. The number of rotatable bonds is 9. The summed E-state index contributed by atoms with van der Waals surface area (Å²) in [4.78, 5) is 2.43. The van der Waals surface area contributed by atoms with Crippen LogP contribution in [0.4, 0.5) is 0 Å². The molecular formula is C27H28ClN3O4S. The minimum atomic E-state index is -3.60. The monoisotopic (exact) mass is 525 g/mol. The van der Waals surface area contributed by atoms with Gasteiger partial charge in [0.15, 0.2) is 0 Å². The van der Waals surface area contributed by atoms with Gasteiger partial charge in [-0.1, -0.05) is 41.9 Å². The molecule has 1 fully saturated rings. The molecule has 3 aromatic carbocycles. The van der Waals surface area contributed by atoms with Crippen LogP contribution in [0, 0.1) is 11.3 Å². The molecule has 7 nitrogen and oxygen atoms in total. The van der Waals surface area contributed by atoms with Gasteiger partial charge in [0.2, 0.25) is 10.0 Å². The first-order valence-corrected chi connectivity index (χ1v) is 13.4. The van der Waals surface area contributed by atoms with Crippen LogP contribution in [0.2, 0.25) is 5.02 Å². The summed E-state index contributed by atoms with van der Waals surface area (Å²) in [5, 5.41) is 9.43. The average molecular weight is 526 g/mol. The third kappa shape index (κ3) is 6.44. The van der Waals surface area contributed by atoms with Gasteiger partial charge >= 0.3 is 0 Å². The van der Waals surface area contributed by atoms with E-state index in [4.69, 9.17) is 26.3 Å². The molecule has 0 amide bonds. The van der Waals surface area contributed by atoms with Gasteiger partial charge < -0.3 is 9.47 Å². The zero-order valence-corrected chi connectivity index (χ0v) is 21.6. The van der Waals surface area contributed by atoms with Crippen LogP contribution >= 0.6 is 11.6 Å². The molecule has 0 aromatic heterocycles. The first-order chi connectivity index (χ1) is 17.4. The second-order valence-electron chi connectivity index (χ2n) is 8.55. The second kappa shape index (κ2) is 11.9. The molecule has 0 saturated carbocycles. The molecule has 9 heteroatoms. The number of hydrogen-bond donors (Lipinski definition) is 0. The lowest BCUT2D eigenvalue weighted by molar-refractivity contribution is 0.00763. The molecule has 3 aromatic rings. The summed E-state index contributed by atoms with van der Waals surface area (Å²) < 4.78 is 39.4. The summed E-state index contributed by atoms with van der Waals surface area (Å²) in [6, 6.07) is 23.6. The number of benzene rings is 3. The van der Waals surface area contributed by atoms with Crippen LogP contribution in [-0.2, 0) is 21.4 Å². The molecule has 4 rings (SSSR count). The van der Waals surface area contributed by atoms with Crippen molar-refractivity contribution in [1.29, 1.82) is 5.26 Å². The highest BCUT2D eigenvalue weighted by atomic mass is 35.5. The Balaban J connectivity index is 1.44. The summed E-state index contributed by atoms with van der Waals surface area (Å²) in [5.74, 6) is 0.747. The summed E-state index contributed by atoms with van der Waals surface area (Å²) in [7, 11) is -1.97. The first kappa shape index (κ1) is 26.1. The zero-order chi connectivity index (χ0) is 25.5. The number of nitriles is 1. The van der Waals surface area contributed by atoms with Gasteiger partial charge in [0.1, 0.15) is 5.75 Å². The summed E-state index contributed by atoms with van der Waals surface area (Å²) in [6.45, 7) is 2.93. The molecule has 0 aliphatic carbocycles. The minimum absolute atomic E-state index is 0.212. The van der Waals surface area contributed by atoms with E-state index in [1.807, 2.05) is 36.4 Å². The van der Waals surface area contributed by atoms with Crippen LogP contribution in [0.5, 0.6) is 5.75 Å². The summed E-state index contributed by atoms with van der Waals surface area (Å²) in [6.07, 6.45) is -0.244. The fourth-order valence-electron chi connectivity index (χ4n) is 4.13. The molecule has 1 aliphatic heterocycles. The lowest BCUT2D eigenvalue weighted by Crippen LogP contribution is -2.49. The Bertz CT molecular complexity index is 1320. The molecule has 1 aliphatic rings. The van der Waals surface area contributed by atoms with E-state index >= 15 is 0 Å². The van der Waals surface area contributed by atoms with Gasteiger partial charge in [-0.3, -0.25) is 4.90 Å². The summed E-state index contributed by atoms with van der Waals surface area (Å²) in [5.41, 5.74) is 2.56. The zero-order valence-electron chi connectivity index (χ0n) is 20.0. The van der Waals surface area contributed by atoms with E-state index in [2.05, 4.69) is 11.0 Å². The Morgan fingerprint density at radius 3 is 2.39 bits per heavy atom. The van der Waals surface area contributed by atoms with Crippen LogP contribution < -0.4 is 4.74 Å². The number of halogens is 1. The molecule has 188 valence electrons. The third-order valence-electron chi connectivity index (χ3n) is 6.19. The maximum absolute atomic E-state index is 13.1. The van der Waals surface area contributed by atoms with Crippen molar-refractivity contribution in [1.82, 2.24) is 9.21 Å². The van der Waals surface area contributed by atoms with Crippen molar-refractivity contribution in [3.63, 3.8) is 0 Å². The summed E-state index contributed by atoms with van der Waals surface area (Å²) >= 11 is 6.01. The highest BCUT2D eigenvalue weighted by molar-refractivity contribution is 7.89. The SMILES string of the molecule is COc1cccc(C(CN2CCN(S(=O)(=O)c3cccc(Cl)c3)CC2)OCc2ccc(C#N)cc2)c1. The fraction of sp³-hybridized carbons (Fsp3) is 0.296. The van der Waals surface area contributed by atoms with Crippen LogP contribution in [0.3, 0.4) is 0 Å². The van der Waals surface area contributed by atoms with E-state index in [1.54, 1.807) is 37.4 Å². The van der Waals surface area contributed by atoms with Crippen molar-refractivity contribution in [2.24, 2.45) is 0 Å². The predicted octanol–water partition coefficient (Wildman–Crippen LogP) is 4.48. The van der Waals surface area contributed by atoms with Crippen molar-refractivity contribution in [3.8, 4) is 11.8 Å². The van der Waals surface area contributed by atoms with Crippen LogP contribution in [-0.4, -0.2) is 57.5 Å². The highest BCUT2D eigenvalue weighted by Gasteiger charge is 2.30. The van der Waals surface area contributed by atoms with Crippen molar-refractivity contribution < 1.29 is 17.9 Å². The maximum atomic E-state index is 13.1. The second-order valence-corrected chi connectivity index (χ2v) is 10.9. The van der Waals surface area contributed by atoms with Crippen LogP contribution in [0.1, 0.15) is 22.8 Å². The van der Waals surface area contributed by atoms with E-state index in [0.29, 0.717) is 49.9 Å². The highest BCUT2D eigenvalue weighted by Crippen LogP contribution is 2.26. The van der Waals surface area contributed by atoms with E-state index in [9.17, 15) is 8.42 Å². The van der Waals surface area contributed by atoms with Gasteiger partial charge in [0, 0.05) is 37.7 Å². The molecule has 1 saturated heterocycles. The number of hydrogen-bond acceptors (Lipinski definition) is 6. The number of nitrogens with zero attached hydrogens (tertiary/aromatic N) is 3. The van der Waals surface area contributed by atoms with Crippen LogP contribution in [0.25, 0.3) is 0 Å². The van der Waals surface area contributed by atoms with Gasteiger partial charge in [-0.05, 0) is 53.6 Å². The molecule has 0 N–H and O–H groups in total. The van der Waals surface area contributed by atoms with Crippen molar-refractivity contribution in [2.75, 3.05) is 39.8 Å². The van der Waals surface area contributed by atoms with Gasteiger partial charge in [0.05, 0.1) is 36.3 Å². The third-order valence-corrected chi connectivity index (χ3v) is 8.32. The maximum Gasteiger partial charge on any atom is 0.243 e. The van der Waals surface area contributed by atoms with Crippen molar-refractivity contribution in [2.45, 2.75) is 17.6 Å². The topological polar surface area (TPSA) is 82.9 Å². The number of piperazine rings is 1. The van der Waals surface area contributed by atoms with Gasteiger partial charge in [-0.25, -0.2) is 8.42 Å². The van der Waals surface area contributed by atoms with Crippen LogP contribution in [0.15, 0.2) is 77.7 Å². The van der Waals surface area contributed by atoms with Crippen molar-refractivity contribution in [3.05, 3.63) is 94.5 Å². The Morgan fingerprint density at radius 1 is 1.00 bits per heavy atom. The molecule has 1 unspecified atom stereocenters. The lowest BCUT2D eigenvalue weighted by Gasteiger charge is -2.36. The van der Waals surface area contributed by atoms with Gasteiger partial charge in [0.25, 0.3) is 0 Å². The Morgan fingerprint density at radius 2 is 1.72 bits per heavy atom. The largest absolute Gasteiger partial charge is 0.497 e. The Labute approximate surface area is 217 Å². The van der Waals surface area contributed by atoms with Gasteiger partial charge in [-0.2, -0.15) is 9.57 Å². The van der Waals surface area contributed by atoms with Gasteiger partial charge in [-0.15, -0.1) is 0 Å². The average Bonchev–Trinajstić information content (AvgIpc) is 2.91. The van der Waals surface area contributed by atoms with E-state index in [0.717, 1.165) is 16.9 Å². The first-order valence-electron chi connectivity index (χ1n) is 11.6. The van der Waals surface area contributed by atoms with E-state index < -0.39 is 10.0 Å². The molecule has 1 atom stereocenters. The predicted molar refractivity (Wildman–Crippen MR) is 138 cm³/mol. The fourth-order valence-corrected chi connectivity index (χ4v) is 5.86. The normalized spacial score (nSPS) is 15.8. The number of methoxy groups -OCH3 is 1. The molecular weight excluding hydrogens is 498 g/mol. The number of sulfonamides is 1. The van der Waals surface area contributed by atoms with E-state index in [1.165, 1.54) is 10.4 Å². The van der Waals surface area contributed by atoms with E-state index in [-0.39, 0.29) is 11.0 Å². The Kier molecular flexibility index (Phi) is 8.62. The van der Waals surface area contributed by atoms with Crippen molar-refractivity contribution >= 4 is 21.6 Å². The Hall–Kier alpha value is -2.93. The quantitative estimate of drug-likeness (QED) is 0.409. The standard InChI is InChI=1S/C27H28ClN3O4S/c1-34-25-6-2-4-23(16-25)27(35-20-22-10-8-21(18-29)9-11-22)19-30-12-14-31(15-13-30)36(32,33)26-7-3-5-24(28)17-26/h2-11,16-17,27H,12-15,19-20H2,1H3.